The summed E-state index contributed by atoms with van der Waals surface area (Å²) in [7, 11) is 0. The number of fused-ring (bicyclic) bond motifs is 1. The van der Waals surface area contributed by atoms with Gasteiger partial charge in [0.2, 0.25) is 0 Å². The molecule has 0 saturated carbocycles. The predicted octanol–water partition coefficient (Wildman–Crippen LogP) is 4.11. The summed E-state index contributed by atoms with van der Waals surface area (Å²) in [5, 5.41) is 3.48. The Morgan fingerprint density at radius 1 is 1.24 bits per heavy atom. The summed E-state index contributed by atoms with van der Waals surface area (Å²) in [6.45, 7) is 6.45. The Kier molecular flexibility index (Phi) is 4.45. The van der Waals surface area contributed by atoms with E-state index in [4.69, 9.17) is 0 Å². The quantitative estimate of drug-likeness (QED) is 0.873. The zero-order chi connectivity index (χ0) is 14.7. The van der Waals surface area contributed by atoms with Gasteiger partial charge >= 0.3 is 0 Å². The summed E-state index contributed by atoms with van der Waals surface area (Å²) >= 11 is 0. The molecule has 2 aromatic rings. The zero-order valence-electron chi connectivity index (χ0n) is 13.2. The minimum absolute atomic E-state index is 0.540. The van der Waals surface area contributed by atoms with Crippen LogP contribution in [0.15, 0.2) is 42.7 Å². The van der Waals surface area contributed by atoms with E-state index in [1.165, 1.54) is 24.8 Å². The van der Waals surface area contributed by atoms with Crippen LogP contribution in [0.3, 0.4) is 0 Å². The monoisotopic (exact) mass is 282 g/mol. The number of hydrogen-bond acceptors (Lipinski definition) is 1. The fourth-order valence-corrected chi connectivity index (χ4v) is 3.33. The van der Waals surface area contributed by atoms with Gasteiger partial charge < -0.3 is 9.88 Å². The van der Waals surface area contributed by atoms with Crippen molar-refractivity contribution in [3.8, 4) is 0 Å². The molecule has 1 unspecified atom stereocenters. The third-order valence-electron chi connectivity index (χ3n) is 4.45. The van der Waals surface area contributed by atoms with Gasteiger partial charge in [-0.05, 0) is 42.0 Å². The van der Waals surface area contributed by atoms with E-state index in [0.29, 0.717) is 12.0 Å². The molecule has 0 spiro atoms. The Labute approximate surface area is 128 Å². The lowest BCUT2D eigenvalue weighted by Crippen LogP contribution is -2.21. The van der Waals surface area contributed by atoms with Crippen molar-refractivity contribution < 1.29 is 0 Å². The molecule has 2 nitrogen and oxygen atoms in total. The van der Waals surface area contributed by atoms with E-state index >= 15 is 0 Å². The van der Waals surface area contributed by atoms with Gasteiger partial charge in [0.1, 0.15) is 0 Å². The zero-order valence-corrected chi connectivity index (χ0v) is 13.2. The van der Waals surface area contributed by atoms with Gasteiger partial charge in [-0.1, -0.05) is 38.1 Å². The van der Waals surface area contributed by atoms with Crippen molar-refractivity contribution in [2.75, 3.05) is 0 Å². The normalized spacial score (nSPS) is 18.0. The first-order chi connectivity index (χ1) is 10.2. The van der Waals surface area contributed by atoms with Gasteiger partial charge in [-0.15, -0.1) is 0 Å². The largest absolute Gasteiger partial charge is 0.353 e. The van der Waals surface area contributed by atoms with Gasteiger partial charge in [0.05, 0.1) is 0 Å². The molecule has 0 aliphatic heterocycles. The number of benzene rings is 1. The molecule has 21 heavy (non-hydrogen) atoms. The highest BCUT2D eigenvalue weighted by Gasteiger charge is 2.19. The minimum atomic E-state index is 0.540. The molecule has 0 radical (unpaired) electrons. The van der Waals surface area contributed by atoms with Gasteiger partial charge in [-0.2, -0.15) is 0 Å². The second-order valence-electron chi connectivity index (χ2n) is 6.54. The molecule has 0 fully saturated rings. The maximum Gasteiger partial charge on any atom is 0.0288 e. The highest BCUT2D eigenvalue weighted by molar-refractivity contribution is 5.32. The molecule has 0 bridgehead atoms. The van der Waals surface area contributed by atoms with Gasteiger partial charge in [-0.3, -0.25) is 0 Å². The van der Waals surface area contributed by atoms with Crippen LogP contribution < -0.4 is 5.32 Å². The van der Waals surface area contributed by atoms with E-state index in [-0.39, 0.29) is 0 Å². The summed E-state index contributed by atoms with van der Waals surface area (Å²) in [5.41, 5.74) is 4.51. The SMILES string of the molecule is CC(C)NCc1ccn(CC2CCCc3ccccc32)c1. The average Bonchev–Trinajstić information content (AvgIpc) is 2.93. The number of rotatable bonds is 5. The van der Waals surface area contributed by atoms with E-state index in [2.05, 4.69) is 66.5 Å². The predicted molar refractivity (Wildman–Crippen MR) is 88.5 cm³/mol. The molecule has 1 aromatic heterocycles. The Morgan fingerprint density at radius 3 is 2.95 bits per heavy atom. The fraction of sp³-hybridized carbons (Fsp3) is 0.474. The molecular weight excluding hydrogens is 256 g/mol. The number of nitrogens with one attached hydrogen (secondary N) is 1. The lowest BCUT2D eigenvalue weighted by Gasteiger charge is -2.25. The highest BCUT2D eigenvalue weighted by atomic mass is 15.0. The number of aromatic nitrogens is 1. The Balaban J connectivity index is 1.67. The van der Waals surface area contributed by atoms with Gasteiger partial charge in [0, 0.05) is 37.4 Å². The Bertz CT molecular complexity index is 583. The van der Waals surface area contributed by atoms with Gasteiger partial charge in [0.25, 0.3) is 0 Å². The molecular formula is C19H26N2. The van der Waals surface area contributed by atoms with Crippen molar-refractivity contribution in [1.82, 2.24) is 9.88 Å². The smallest absolute Gasteiger partial charge is 0.0288 e. The molecule has 1 atom stereocenters. The van der Waals surface area contributed by atoms with Gasteiger partial charge in [0.15, 0.2) is 0 Å². The number of aryl methyl sites for hydroxylation is 1. The first-order valence-electron chi connectivity index (χ1n) is 8.18. The standard InChI is InChI=1S/C19H26N2/c1-15(2)20-12-16-10-11-21(13-16)14-18-8-5-7-17-6-3-4-9-19(17)18/h3-4,6,9-11,13,15,18,20H,5,7-8,12,14H2,1-2H3. The second kappa shape index (κ2) is 6.48. The summed E-state index contributed by atoms with van der Waals surface area (Å²) in [6.07, 6.45) is 8.42. The second-order valence-corrected chi connectivity index (χ2v) is 6.54. The maximum atomic E-state index is 3.48. The molecule has 0 saturated heterocycles. The first-order valence-corrected chi connectivity index (χ1v) is 8.18. The van der Waals surface area contributed by atoms with Crippen molar-refractivity contribution in [3.63, 3.8) is 0 Å². The Morgan fingerprint density at radius 2 is 2.10 bits per heavy atom. The molecule has 1 aromatic carbocycles. The third kappa shape index (κ3) is 3.56. The van der Waals surface area contributed by atoms with Crippen LogP contribution in [-0.4, -0.2) is 10.6 Å². The number of hydrogen-bond donors (Lipinski definition) is 1. The topological polar surface area (TPSA) is 17.0 Å². The molecule has 1 aliphatic rings. The van der Waals surface area contributed by atoms with E-state index in [0.717, 1.165) is 13.1 Å². The molecule has 0 amide bonds. The minimum Gasteiger partial charge on any atom is -0.353 e. The van der Waals surface area contributed by atoms with Crippen LogP contribution in [-0.2, 0) is 19.5 Å². The summed E-state index contributed by atoms with van der Waals surface area (Å²) in [4.78, 5) is 0. The van der Waals surface area contributed by atoms with Crippen LogP contribution >= 0.6 is 0 Å². The van der Waals surface area contributed by atoms with E-state index in [1.54, 1.807) is 11.1 Å². The lowest BCUT2D eigenvalue weighted by atomic mass is 9.83. The van der Waals surface area contributed by atoms with Crippen molar-refractivity contribution >= 4 is 0 Å². The van der Waals surface area contributed by atoms with Crippen molar-refractivity contribution in [2.24, 2.45) is 0 Å². The van der Waals surface area contributed by atoms with E-state index < -0.39 is 0 Å². The van der Waals surface area contributed by atoms with Crippen LogP contribution in [0.5, 0.6) is 0 Å². The molecule has 112 valence electrons. The van der Waals surface area contributed by atoms with Crippen LogP contribution in [0, 0.1) is 0 Å². The summed E-state index contributed by atoms with van der Waals surface area (Å²) < 4.78 is 2.37. The maximum absolute atomic E-state index is 3.48. The van der Waals surface area contributed by atoms with Gasteiger partial charge in [-0.25, -0.2) is 0 Å². The van der Waals surface area contributed by atoms with E-state index in [9.17, 15) is 0 Å². The van der Waals surface area contributed by atoms with Crippen molar-refractivity contribution in [3.05, 3.63) is 59.4 Å². The average molecular weight is 282 g/mol. The number of nitrogens with zero attached hydrogens (tertiary/aromatic N) is 1. The van der Waals surface area contributed by atoms with Crippen LogP contribution in [0.1, 0.15) is 49.3 Å². The third-order valence-corrected chi connectivity index (χ3v) is 4.45. The van der Waals surface area contributed by atoms with Crippen molar-refractivity contribution in [1.29, 1.82) is 0 Å². The van der Waals surface area contributed by atoms with E-state index in [1.807, 2.05) is 0 Å². The van der Waals surface area contributed by atoms with Crippen LogP contribution in [0.25, 0.3) is 0 Å². The van der Waals surface area contributed by atoms with Crippen LogP contribution in [0.2, 0.25) is 0 Å². The molecule has 1 aliphatic carbocycles. The highest BCUT2D eigenvalue weighted by Crippen LogP contribution is 2.32. The first kappa shape index (κ1) is 14.4. The summed E-state index contributed by atoms with van der Waals surface area (Å²) in [5.74, 6) is 0.674. The molecule has 3 rings (SSSR count). The summed E-state index contributed by atoms with van der Waals surface area (Å²) in [6, 6.07) is 11.8. The van der Waals surface area contributed by atoms with Crippen LogP contribution in [0.4, 0.5) is 0 Å². The Hall–Kier alpha value is -1.54. The molecule has 1 N–H and O–H groups in total. The molecule has 1 heterocycles. The van der Waals surface area contributed by atoms with Crippen molar-refractivity contribution in [2.45, 2.75) is 58.2 Å². The fourth-order valence-electron chi connectivity index (χ4n) is 3.33. The molecule has 2 heteroatoms. The lowest BCUT2D eigenvalue weighted by molar-refractivity contribution is 0.483.